The Morgan fingerprint density at radius 1 is 0.326 bits per heavy atom. The monoisotopic (exact) mass is 547 g/mol. The maximum atomic E-state index is 2.45. The summed E-state index contributed by atoms with van der Waals surface area (Å²) in [6.07, 6.45) is 2.20. The van der Waals surface area contributed by atoms with E-state index in [1.54, 1.807) is 0 Å². The summed E-state index contributed by atoms with van der Waals surface area (Å²) in [4.78, 5) is 0. The number of hydrogen-bond donors (Lipinski definition) is 0. The van der Waals surface area contributed by atoms with Crippen LogP contribution in [0.1, 0.15) is 0 Å². The second kappa shape index (κ2) is 8.37. The summed E-state index contributed by atoms with van der Waals surface area (Å²) in [6.45, 7) is 0. The molecule has 10 aromatic rings. The van der Waals surface area contributed by atoms with E-state index in [9.17, 15) is 0 Å². The summed E-state index contributed by atoms with van der Waals surface area (Å²) in [6, 6.07) is 53.0. The Kier molecular flexibility index (Phi) is 4.45. The minimum absolute atomic E-state index is 1.16. The molecule has 10 rings (SSSR count). The first kappa shape index (κ1) is 22.8. The Balaban J connectivity index is 1.25. The molecule has 43 heavy (non-hydrogen) atoms. The summed E-state index contributed by atoms with van der Waals surface area (Å²) < 4.78 is 7.13. The minimum atomic E-state index is 1.16. The highest BCUT2D eigenvalue weighted by Crippen LogP contribution is 2.43. The zero-order valence-corrected chi connectivity index (χ0v) is 23.3. The van der Waals surface area contributed by atoms with Crippen LogP contribution in [0, 0.1) is 0 Å². The van der Waals surface area contributed by atoms with E-state index in [1.807, 2.05) is 0 Å². The number of fused-ring (bicyclic) bond motifs is 5. The van der Waals surface area contributed by atoms with Gasteiger partial charge in [-0.15, -0.1) is 0 Å². The maximum absolute atomic E-state index is 2.45. The molecule has 0 unspecified atom stereocenters. The zero-order chi connectivity index (χ0) is 28.1. The topological polar surface area (TPSA) is 14.8 Å². The molecule has 0 fully saturated rings. The van der Waals surface area contributed by atoms with E-state index in [0.29, 0.717) is 0 Å². The number of rotatable bonds is 3. The summed E-state index contributed by atoms with van der Waals surface area (Å²) in [5, 5.41) is 9.07. The van der Waals surface area contributed by atoms with Gasteiger partial charge in [0.2, 0.25) is 0 Å². The van der Waals surface area contributed by atoms with Gasteiger partial charge in [-0.25, -0.2) is 0 Å². The first-order chi connectivity index (χ1) is 21.3. The summed E-state index contributed by atoms with van der Waals surface area (Å²) >= 11 is 0. The van der Waals surface area contributed by atoms with Crippen molar-refractivity contribution in [2.45, 2.75) is 0 Å². The molecule has 0 bridgehead atoms. The number of benzene rings is 7. The van der Waals surface area contributed by atoms with Crippen LogP contribution in [-0.2, 0) is 0 Å². The molecule has 0 amide bonds. The molecule has 3 heterocycles. The van der Waals surface area contributed by atoms with Gasteiger partial charge >= 0.3 is 0 Å². The van der Waals surface area contributed by atoms with Crippen molar-refractivity contribution in [2.75, 3.05) is 0 Å². The quantitative estimate of drug-likeness (QED) is 0.196. The van der Waals surface area contributed by atoms with Gasteiger partial charge < -0.3 is 13.7 Å². The van der Waals surface area contributed by atoms with Gasteiger partial charge in [0, 0.05) is 50.2 Å². The van der Waals surface area contributed by atoms with Crippen LogP contribution in [0.2, 0.25) is 0 Å². The average molecular weight is 548 g/mol. The highest BCUT2D eigenvalue weighted by Gasteiger charge is 2.20. The molecule has 0 atom stereocenters. The number of nitrogens with zero attached hydrogens (tertiary/aromatic N) is 3. The minimum Gasteiger partial charge on any atom is -0.316 e. The third kappa shape index (κ3) is 3.03. The van der Waals surface area contributed by atoms with Crippen LogP contribution in [0.5, 0.6) is 0 Å². The van der Waals surface area contributed by atoms with Crippen LogP contribution in [0.3, 0.4) is 0 Å². The zero-order valence-electron chi connectivity index (χ0n) is 23.3. The van der Waals surface area contributed by atoms with Gasteiger partial charge in [0.15, 0.2) is 0 Å². The van der Waals surface area contributed by atoms with Crippen molar-refractivity contribution in [3.63, 3.8) is 0 Å². The Hall–Kier alpha value is -5.80. The molecule has 0 spiro atoms. The van der Waals surface area contributed by atoms with E-state index in [-0.39, 0.29) is 0 Å². The lowest BCUT2D eigenvalue weighted by atomic mass is 10.00. The average Bonchev–Trinajstić information content (AvgIpc) is 3.75. The van der Waals surface area contributed by atoms with Gasteiger partial charge in [0.25, 0.3) is 0 Å². The van der Waals surface area contributed by atoms with Crippen molar-refractivity contribution in [3.8, 4) is 17.1 Å². The van der Waals surface area contributed by atoms with Gasteiger partial charge in [0.1, 0.15) is 0 Å². The molecule has 3 heteroatoms. The van der Waals surface area contributed by atoms with Crippen molar-refractivity contribution in [3.05, 3.63) is 152 Å². The van der Waals surface area contributed by atoms with Crippen LogP contribution in [0.25, 0.3) is 82.3 Å². The van der Waals surface area contributed by atoms with Crippen LogP contribution < -0.4 is 0 Å². The molecular weight excluding hydrogens is 522 g/mol. The lowest BCUT2D eigenvalue weighted by Crippen LogP contribution is -1.97. The summed E-state index contributed by atoms with van der Waals surface area (Å²) in [5.41, 5.74) is 9.63. The largest absolute Gasteiger partial charge is 0.316 e. The molecule has 200 valence electrons. The van der Waals surface area contributed by atoms with Crippen LogP contribution in [0.15, 0.2) is 152 Å². The lowest BCUT2D eigenvalue weighted by molar-refractivity contribution is 1.12. The molecular formula is C40H25N3. The standard InChI is InChI=1S/C40H25N3/c1-2-10-27(11-3-1)41-24-23-32-33-22-17-26-9-8-16-36-39(26)40(33)38(25-37(32)41)43(36)29-20-18-28(19-21-29)42-34-14-6-4-12-30(34)31-13-5-7-15-35(31)42/h1-25H. The molecule has 0 aliphatic heterocycles. The Morgan fingerprint density at radius 3 is 1.65 bits per heavy atom. The van der Waals surface area contributed by atoms with E-state index in [1.165, 1.54) is 71.0 Å². The lowest BCUT2D eigenvalue weighted by Gasteiger charge is -2.12. The van der Waals surface area contributed by atoms with E-state index < -0.39 is 0 Å². The maximum Gasteiger partial charge on any atom is 0.0568 e. The second-order valence-corrected chi connectivity index (χ2v) is 11.4. The third-order valence-corrected chi connectivity index (χ3v) is 9.23. The van der Waals surface area contributed by atoms with Gasteiger partial charge in [0.05, 0.1) is 27.6 Å². The molecule has 0 saturated carbocycles. The SMILES string of the molecule is c1ccc(-n2ccc3c4ccc5cccc6c5c4c(cc32)n6-c2ccc(-n3c4ccccc4c4ccccc43)cc2)cc1. The van der Waals surface area contributed by atoms with E-state index in [0.717, 1.165) is 11.4 Å². The highest BCUT2D eigenvalue weighted by molar-refractivity contribution is 6.29. The van der Waals surface area contributed by atoms with E-state index in [4.69, 9.17) is 0 Å². The predicted octanol–water partition coefficient (Wildman–Crippen LogP) is 10.4. The van der Waals surface area contributed by atoms with Crippen LogP contribution in [0.4, 0.5) is 0 Å². The fraction of sp³-hybridized carbons (Fsp3) is 0. The fourth-order valence-electron chi connectivity index (χ4n) is 7.41. The molecule has 7 aromatic carbocycles. The highest BCUT2D eigenvalue weighted by atomic mass is 15.0. The number of para-hydroxylation sites is 3. The predicted molar refractivity (Wildman–Crippen MR) is 181 cm³/mol. The molecule has 0 aliphatic carbocycles. The summed E-state index contributed by atoms with van der Waals surface area (Å²) in [7, 11) is 0. The van der Waals surface area contributed by atoms with Gasteiger partial charge in [-0.3, -0.25) is 0 Å². The van der Waals surface area contributed by atoms with Crippen LogP contribution in [-0.4, -0.2) is 13.7 Å². The second-order valence-electron chi connectivity index (χ2n) is 11.4. The van der Waals surface area contributed by atoms with Crippen molar-refractivity contribution in [2.24, 2.45) is 0 Å². The number of hydrogen-bond acceptors (Lipinski definition) is 0. The van der Waals surface area contributed by atoms with Gasteiger partial charge in [-0.2, -0.15) is 0 Å². The first-order valence-corrected chi connectivity index (χ1v) is 14.8. The smallest absolute Gasteiger partial charge is 0.0568 e. The number of aromatic nitrogens is 3. The molecule has 0 aliphatic rings. The van der Waals surface area contributed by atoms with Crippen molar-refractivity contribution < 1.29 is 0 Å². The van der Waals surface area contributed by atoms with Gasteiger partial charge in [-0.05, 0) is 77.5 Å². The third-order valence-electron chi connectivity index (χ3n) is 9.23. The molecule has 3 nitrogen and oxygen atoms in total. The normalized spacial score (nSPS) is 12.2. The molecule has 0 radical (unpaired) electrons. The Bertz CT molecular complexity index is 2590. The fourth-order valence-corrected chi connectivity index (χ4v) is 7.41. The molecule has 0 saturated heterocycles. The van der Waals surface area contributed by atoms with Crippen molar-refractivity contribution >= 4 is 65.3 Å². The Morgan fingerprint density at radius 2 is 0.930 bits per heavy atom. The molecule has 0 N–H and O–H groups in total. The van der Waals surface area contributed by atoms with Crippen molar-refractivity contribution in [1.29, 1.82) is 0 Å². The van der Waals surface area contributed by atoms with E-state index >= 15 is 0 Å². The first-order valence-electron chi connectivity index (χ1n) is 14.8. The van der Waals surface area contributed by atoms with Crippen molar-refractivity contribution in [1.82, 2.24) is 13.7 Å². The van der Waals surface area contributed by atoms with Crippen LogP contribution >= 0.6 is 0 Å². The van der Waals surface area contributed by atoms with E-state index in [2.05, 4.69) is 165 Å². The Labute approximate surface area is 247 Å². The summed E-state index contributed by atoms with van der Waals surface area (Å²) in [5.74, 6) is 0. The van der Waals surface area contributed by atoms with Gasteiger partial charge in [-0.1, -0.05) is 78.9 Å². The molecule has 3 aromatic heterocycles.